The third-order valence-corrected chi connectivity index (χ3v) is 6.13. The molecule has 0 unspecified atom stereocenters. The van der Waals surface area contributed by atoms with Crippen LogP contribution in [0.1, 0.15) is 0 Å². The molecule has 0 spiro atoms. The quantitative estimate of drug-likeness (QED) is 0.354. The molecule has 140 valence electrons. The van der Waals surface area contributed by atoms with Crippen molar-refractivity contribution in [1.82, 2.24) is 14.4 Å². The van der Waals surface area contributed by atoms with Gasteiger partial charge in [0.15, 0.2) is 4.96 Å². The zero-order chi connectivity index (χ0) is 19.4. The molecular formula is C23H15FN4S. The molecule has 0 aliphatic heterocycles. The van der Waals surface area contributed by atoms with Crippen molar-refractivity contribution in [3.63, 3.8) is 0 Å². The van der Waals surface area contributed by atoms with Gasteiger partial charge >= 0.3 is 0 Å². The van der Waals surface area contributed by atoms with E-state index in [-0.39, 0.29) is 5.82 Å². The molecule has 6 rings (SSSR count). The molecule has 2 N–H and O–H groups in total. The maximum absolute atomic E-state index is 13.4. The average Bonchev–Trinajstić information content (AvgIpc) is 3.42. The van der Waals surface area contributed by atoms with Gasteiger partial charge in [0.05, 0.1) is 10.2 Å². The minimum absolute atomic E-state index is 0.258. The molecule has 3 aromatic carbocycles. The first-order chi connectivity index (χ1) is 14.3. The average molecular weight is 398 g/mol. The van der Waals surface area contributed by atoms with Gasteiger partial charge in [0.1, 0.15) is 17.3 Å². The summed E-state index contributed by atoms with van der Waals surface area (Å²) >= 11 is 1.65. The fourth-order valence-corrected chi connectivity index (χ4v) is 4.78. The second kappa shape index (κ2) is 6.18. The van der Waals surface area contributed by atoms with Crippen molar-refractivity contribution in [2.75, 3.05) is 5.32 Å². The number of anilines is 2. The number of imidazole rings is 1. The largest absolute Gasteiger partial charge is 0.360 e. The lowest BCUT2D eigenvalue weighted by molar-refractivity contribution is 0.628. The van der Waals surface area contributed by atoms with Crippen molar-refractivity contribution in [2.24, 2.45) is 0 Å². The second-order valence-corrected chi connectivity index (χ2v) is 7.89. The van der Waals surface area contributed by atoms with Crippen LogP contribution in [-0.4, -0.2) is 14.4 Å². The van der Waals surface area contributed by atoms with Gasteiger partial charge in [0.2, 0.25) is 0 Å². The number of aromatic nitrogens is 3. The van der Waals surface area contributed by atoms with Gasteiger partial charge < -0.3 is 10.3 Å². The molecule has 0 bridgehead atoms. The lowest BCUT2D eigenvalue weighted by atomic mass is 10.1. The van der Waals surface area contributed by atoms with Gasteiger partial charge in [-0.1, -0.05) is 41.7 Å². The van der Waals surface area contributed by atoms with E-state index < -0.39 is 0 Å². The highest BCUT2D eigenvalue weighted by Crippen LogP contribution is 2.39. The molecule has 0 amide bonds. The normalized spacial score (nSPS) is 11.6. The summed E-state index contributed by atoms with van der Waals surface area (Å²) in [6, 6.07) is 22.8. The summed E-state index contributed by atoms with van der Waals surface area (Å²) in [6.07, 6.45) is 2.00. The topological polar surface area (TPSA) is 45.1 Å². The first-order valence-corrected chi connectivity index (χ1v) is 10.1. The van der Waals surface area contributed by atoms with E-state index in [1.165, 1.54) is 16.8 Å². The second-order valence-electron chi connectivity index (χ2n) is 6.88. The molecular weight excluding hydrogens is 383 g/mol. The Hall–Kier alpha value is -3.64. The molecule has 6 heteroatoms. The number of fused-ring (bicyclic) bond motifs is 4. The molecule has 6 aromatic rings. The number of nitrogens with one attached hydrogen (secondary N) is 2. The highest BCUT2D eigenvalue weighted by molar-refractivity contribution is 7.23. The van der Waals surface area contributed by atoms with Crippen molar-refractivity contribution >= 4 is 48.9 Å². The van der Waals surface area contributed by atoms with E-state index in [1.54, 1.807) is 23.5 Å². The van der Waals surface area contributed by atoms with Crippen LogP contribution in [0, 0.1) is 5.82 Å². The molecule has 0 aliphatic carbocycles. The Morgan fingerprint density at radius 2 is 1.72 bits per heavy atom. The van der Waals surface area contributed by atoms with Crippen LogP contribution in [0.5, 0.6) is 0 Å². The predicted octanol–water partition coefficient (Wildman–Crippen LogP) is 6.58. The standard InChI is InChI=1S/C23H15FN4S/c24-14-9-11-15(12-10-14)26-22-21(17-13-25-18-6-2-1-5-16(17)18)27-23-28(22)19-7-3-4-8-20(19)29-23/h1-13,25-26H. The summed E-state index contributed by atoms with van der Waals surface area (Å²) < 4.78 is 16.7. The highest BCUT2D eigenvalue weighted by Gasteiger charge is 2.20. The number of para-hydroxylation sites is 2. The number of rotatable bonds is 3. The first kappa shape index (κ1) is 16.3. The van der Waals surface area contributed by atoms with Crippen molar-refractivity contribution < 1.29 is 4.39 Å². The van der Waals surface area contributed by atoms with Gasteiger partial charge in [0.25, 0.3) is 0 Å². The van der Waals surface area contributed by atoms with Gasteiger partial charge in [-0.3, -0.25) is 4.40 Å². The van der Waals surface area contributed by atoms with E-state index in [0.29, 0.717) is 0 Å². The fourth-order valence-electron chi connectivity index (χ4n) is 3.76. The number of thiazole rings is 1. The number of aromatic amines is 1. The molecule has 29 heavy (non-hydrogen) atoms. The third-order valence-electron chi connectivity index (χ3n) is 5.11. The van der Waals surface area contributed by atoms with Crippen LogP contribution in [0.2, 0.25) is 0 Å². The van der Waals surface area contributed by atoms with Crippen LogP contribution < -0.4 is 5.32 Å². The Morgan fingerprint density at radius 3 is 2.62 bits per heavy atom. The molecule has 4 nitrogen and oxygen atoms in total. The molecule has 3 aromatic heterocycles. The van der Waals surface area contributed by atoms with Crippen LogP contribution >= 0.6 is 11.3 Å². The summed E-state index contributed by atoms with van der Waals surface area (Å²) in [5, 5.41) is 4.60. The van der Waals surface area contributed by atoms with Gasteiger partial charge in [0, 0.05) is 28.4 Å². The number of hydrogen-bond acceptors (Lipinski definition) is 3. The van der Waals surface area contributed by atoms with Gasteiger partial charge in [-0.15, -0.1) is 0 Å². The van der Waals surface area contributed by atoms with Crippen LogP contribution in [0.3, 0.4) is 0 Å². The van der Waals surface area contributed by atoms with Gasteiger partial charge in [-0.25, -0.2) is 9.37 Å². The van der Waals surface area contributed by atoms with E-state index in [9.17, 15) is 4.39 Å². The first-order valence-electron chi connectivity index (χ1n) is 9.27. The van der Waals surface area contributed by atoms with E-state index in [4.69, 9.17) is 4.98 Å². The molecule has 3 heterocycles. The van der Waals surface area contributed by atoms with E-state index in [2.05, 4.69) is 39.0 Å². The summed E-state index contributed by atoms with van der Waals surface area (Å²) in [5.41, 5.74) is 4.87. The Labute approximate surface area is 169 Å². The SMILES string of the molecule is Fc1ccc(Nc2c(-c3c[nH]c4ccccc34)nc3sc4ccccc4n23)cc1. The van der Waals surface area contributed by atoms with Gasteiger partial charge in [-0.2, -0.15) is 0 Å². The van der Waals surface area contributed by atoms with E-state index >= 15 is 0 Å². The lowest BCUT2D eigenvalue weighted by Crippen LogP contribution is -1.96. The fraction of sp³-hybridized carbons (Fsp3) is 0. The zero-order valence-corrected chi connectivity index (χ0v) is 16.0. The smallest absolute Gasteiger partial charge is 0.197 e. The van der Waals surface area contributed by atoms with Crippen LogP contribution in [-0.2, 0) is 0 Å². The summed E-state index contributed by atoms with van der Waals surface area (Å²) in [4.78, 5) is 9.23. The van der Waals surface area contributed by atoms with Crippen LogP contribution in [0.4, 0.5) is 15.9 Å². The Bertz CT molecular complexity index is 1490. The summed E-state index contributed by atoms with van der Waals surface area (Å²) in [6.45, 7) is 0. The van der Waals surface area contributed by atoms with E-state index in [1.807, 2.05) is 30.5 Å². The van der Waals surface area contributed by atoms with Crippen molar-refractivity contribution in [2.45, 2.75) is 0 Å². The number of benzene rings is 3. The molecule has 0 saturated carbocycles. The molecule has 0 saturated heterocycles. The highest BCUT2D eigenvalue weighted by atomic mass is 32.1. The summed E-state index contributed by atoms with van der Waals surface area (Å²) in [7, 11) is 0. The van der Waals surface area contributed by atoms with Crippen LogP contribution in [0.25, 0.3) is 37.3 Å². The van der Waals surface area contributed by atoms with Crippen molar-refractivity contribution in [3.05, 3.63) is 84.8 Å². The molecule has 0 fully saturated rings. The third kappa shape index (κ3) is 2.53. The van der Waals surface area contributed by atoms with Gasteiger partial charge in [-0.05, 0) is 42.5 Å². The number of H-pyrrole nitrogens is 1. The minimum Gasteiger partial charge on any atom is -0.360 e. The number of nitrogens with zero attached hydrogens (tertiary/aromatic N) is 2. The molecule has 0 aliphatic rings. The van der Waals surface area contributed by atoms with Crippen molar-refractivity contribution in [3.8, 4) is 11.3 Å². The maximum Gasteiger partial charge on any atom is 0.197 e. The predicted molar refractivity (Wildman–Crippen MR) is 118 cm³/mol. The minimum atomic E-state index is -0.258. The Kier molecular flexibility index (Phi) is 3.48. The maximum atomic E-state index is 13.4. The molecule has 0 radical (unpaired) electrons. The Balaban J connectivity index is 1.64. The number of hydrogen-bond donors (Lipinski definition) is 2. The van der Waals surface area contributed by atoms with Crippen molar-refractivity contribution in [1.29, 1.82) is 0 Å². The lowest BCUT2D eigenvalue weighted by Gasteiger charge is -2.09. The summed E-state index contributed by atoms with van der Waals surface area (Å²) in [5.74, 6) is 0.612. The zero-order valence-electron chi connectivity index (χ0n) is 15.2. The number of halogens is 1. The Morgan fingerprint density at radius 1 is 0.931 bits per heavy atom. The monoisotopic (exact) mass is 398 g/mol. The van der Waals surface area contributed by atoms with E-state index in [0.717, 1.165) is 44.1 Å². The molecule has 0 atom stereocenters. The van der Waals surface area contributed by atoms with Crippen LogP contribution in [0.15, 0.2) is 79.0 Å².